The zero-order chi connectivity index (χ0) is 12.8. The van der Waals surface area contributed by atoms with Crippen LogP contribution in [-0.4, -0.2) is 37.9 Å². The fourth-order valence-corrected chi connectivity index (χ4v) is 3.30. The van der Waals surface area contributed by atoms with E-state index in [0.29, 0.717) is 0 Å². The van der Waals surface area contributed by atoms with E-state index in [1.54, 1.807) is 6.33 Å². The van der Waals surface area contributed by atoms with Gasteiger partial charge in [0.05, 0.1) is 0 Å². The van der Waals surface area contributed by atoms with Gasteiger partial charge in [0.1, 0.15) is 22.9 Å². The first-order valence-corrected chi connectivity index (χ1v) is 7.11. The lowest BCUT2D eigenvalue weighted by Crippen LogP contribution is -2.25. The molecule has 4 heterocycles. The second-order valence-corrected chi connectivity index (χ2v) is 5.61. The molecule has 98 valence electrons. The molecule has 1 fully saturated rings. The van der Waals surface area contributed by atoms with E-state index in [9.17, 15) is 0 Å². The second-order valence-electron chi connectivity index (χ2n) is 4.65. The van der Waals surface area contributed by atoms with Gasteiger partial charge in [-0.2, -0.15) is 0 Å². The number of nitrogens with one attached hydrogen (secondary N) is 1. The summed E-state index contributed by atoms with van der Waals surface area (Å²) in [4.78, 5) is 11.1. The molecule has 0 radical (unpaired) electrons. The predicted octanol–water partition coefficient (Wildman–Crippen LogP) is 1.32. The maximum atomic E-state index is 4.45. The minimum Gasteiger partial charge on any atom is -0.355 e. The van der Waals surface area contributed by atoms with Crippen LogP contribution in [0.1, 0.15) is 18.7 Å². The van der Waals surface area contributed by atoms with Crippen molar-refractivity contribution in [2.75, 3.05) is 23.4 Å². The van der Waals surface area contributed by atoms with Crippen LogP contribution in [0.2, 0.25) is 0 Å². The number of nitrogens with zero attached hydrogens (tertiary/aromatic N) is 6. The lowest BCUT2D eigenvalue weighted by Gasteiger charge is -2.25. The largest absolute Gasteiger partial charge is 0.355 e. The van der Waals surface area contributed by atoms with Gasteiger partial charge in [-0.3, -0.25) is 5.43 Å². The summed E-state index contributed by atoms with van der Waals surface area (Å²) in [6.45, 7) is 4.04. The third-order valence-electron chi connectivity index (χ3n) is 3.40. The molecule has 0 spiro atoms. The Morgan fingerprint density at radius 1 is 1.21 bits per heavy atom. The van der Waals surface area contributed by atoms with E-state index in [4.69, 9.17) is 0 Å². The number of fused-ring (bicyclic) bond motifs is 2. The monoisotopic (exact) mass is 275 g/mol. The molecule has 0 atom stereocenters. The van der Waals surface area contributed by atoms with E-state index in [1.807, 2.05) is 11.6 Å². The van der Waals surface area contributed by atoms with Crippen LogP contribution in [0.5, 0.6) is 0 Å². The van der Waals surface area contributed by atoms with Crippen molar-refractivity contribution in [3.63, 3.8) is 0 Å². The number of anilines is 2. The van der Waals surface area contributed by atoms with Gasteiger partial charge in [-0.25, -0.2) is 14.6 Å². The van der Waals surface area contributed by atoms with Gasteiger partial charge in [0.15, 0.2) is 5.82 Å². The molecule has 2 aromatic rings. The van der Waals surface area contributed by atoms with Crippen LogP contribution >= 0.6 is 11.8 Å². The first kappa shape index (κ1) is 11.0. The van der Waals surface area contributed by atoms with Crippen molar-refractivity contribution in [1.29, 1.82) is 0 Å². The highest BCUT2D eigenvalue weighted by molar-refractivity contribution is 7.99. The molecule has 0 amide bonds. The molecule has 19 heavy (non-hydrogen) atoms. The molecule has 8 heteroatoms. The second kappa shape index (κ2) is 4.09. The molecule has 2 aliphatic heterocycles. The average Bonchev–Trinajstić information content (AvgIpc) is 3.07. The minimum atomic E-state index is 0.816. The zero-order valence-corrected chi connectivity index (χ0v) is 11.3. The van der Waals surface area contributed by atoms with Gasteiger partial charge in [-0.1, -0.05) is 0 Å². The number of aryl methyl sites for hydroxylation is 1. The van der Waals surface area contributed by atoms with Crippen molar-refractivity contribution in [1.82, 2.24) is 24.8 Å². The van der Waals surface area contributed by atoms with Crippen LogP contribution in [0, 0.1) is 6.92 Å². The van der Waals surface area contributed by atoms with Crippen LogP contribution in [0.15, 0.2) is 16.5 Å². The Kier molecular flexibility index (Phi) is 2.37. The van der Waals surface area contributed by atoms with Crippen molar-refractivity contribution < 1.29 is 0 Å². The molecule has 1 N–H and O–H groups in total. The molecule has 0 unspecified atom stereocenters. The fraction of sp³-hybridized carbons (Fsp3) is 0.455. The summed E-state index contributed by atoms with van der Waals surface area (Å²) in [6, 6.07) is 0. The van der Waals surface area contributed by atoms with E-state index in [-0.39, 0.29) is 0 Å². The summed E-state index contributed by atoms with van der Waals surface area (Å²) < 4.78 is 1.88. The van der Waals surface area contributed by atoms with Crippen molar-refractivity contribution in [2.45, 2.75) is 29.9 Å². The van der Waals surface area contributed by atoms with Gasteiger partial charge in [0.25, 0.3) is 0 Å². The van der Waals surface area contributed by atoms with Crippen molar-refractivity contribution in [3.05, 3.63) is 12.2 Å². The minimum absolute atomic E-state index is 0.816. The molecular weight excluding hydrogens is 262 g/mol. The zero-order valence-electron chi connectivity index (χ0n) is 10.5. The van der Waals surface area contributed by atoms with E-state index in [2.05, 4.69) is 30.5 Å². The van der Waals surface area contributed by atoms with Crippen molar-refractivity contribution >= 4 is 23.3 Å². The highest BCUT2D eigenvalue weighted by Crippen LogP contribution is 2.40. The molecular formula is C11H13N7S. The Hall–Kier alpha value is -1.83. The summed E-state index contributed by atoms with van der Waals surface area (Å²) in [7, 11) is 0. The molecule has 0 aliphatic carbocycles. The standard InChI is InChI=1S/C11H13N7S/c1-7-14-15-11-18(7)16-8-9(17-4-2-3-5-17)12-6-13-10(8)19-11/h6,16H,2-5H2,1H3. The maximum absolute atomic E-state index is 4.45. The van der Waals surface area contributed by atoms with E-state index in [0.717, 1.165) is 40.6 Å². The third kappa shape index (κ3) is 1.66. The number of hydrogen-bond donors (Lipinski definition) is 1. The van der Waals surface area contributed by atoms with Crippen LogP contribution in [0.25, 0.3) is 0 Å². The lowest BCUT2D eigenvalue weighted by atomic mass is 10.4. The fourth-order valence-electron chi connectivity index (χ4n) is 2.44. The molecule has 4 rings (SSSR count). The topological polar surface area (TPSA) is 71.8 Å². The van der Waals surface area contributed by atoms with E-state index in [1.165, 1.54) is 24.6 Å². The van der Waals surface area contributed by atoms with Crippen LogP contribution < -0.4 is 10.3 Å². The maximum Gasteiger partial charge on any atom is 0.216 e. The summed E-state index contributed by atoms with van der Waals surface area (Å²) in [5, 5.41) is 9.93. The molecule has 2 aliphatic rings. The first-order chi connectivity index (χ1) is 9.33. The molecule has 1 saturated heterocycles. The highest BCUT2D eigenvalue weighted by Gasteiger charge is 2.26. The van der Waals surface area contributed by atoms with E-state index >= 15 is 0 Å². The van der Waals surface area contributed by atoms with Crippen LogP contribution in [0.4, 0.5) is 11.5 Å². The number of rotatable bonds is 1. The molecule has 7 nitrogen and oxygen atoms in total. The molecule has 2 aromatic heterocycles. The number of aromatic nitrogens is 5. The van der Waals surface area contributed by atoms with Gasteiger partial charge in [-0.05, 0) is 31.5 Å². The van der Waals surface area contributed by atoms with Crippen molar-refractivity contribution in [2.24, 2.45) is 0 Å². The average molecular weight is 275 g/mol. The third-order valence-corrected chi connectivity index (χ3v) is 4.35. The van der Waals surface area contributed by atoms with Gasteiger partial charge < -0.3 is 4.90 Å². The lowest BCUT2D eigenvalue weighted by molar-refractivity contribution is 0.767. The summed E-state index contributed by atoms with van der Waals surface area (Å²) in [5.74, 6) is 1.82. The van der Waals surface area contributed by atoms with Gasteiger partial charge >= 0.3 is 0 Å². The quantitative estimate of drug-likeness (QED) is 0.671. The van der Waals surface area contributed by atoms with Crippen molar-refractivity contribution in [3.8, 4) is 0 Å². The Balaban J connectivity index is 1.79. The smallest absolute Gasteiger partial charge is 0.216 e. The molecule has 0 bridgehead atoms. The first-order valence-electron chi connectivity index (χ1n) is 6.30. The highest BCUT2D eigenvalue weighted by atomic mass is 32.2. The normalized spacial score (nSPS) is 17.0. The van der Waals surface area contributed by atoms with Crippen LogP contribution in [-0.2, 0) is 0 Å². The Labute approximate surface area is 114 Å². The molecule has 0 saturated carbocycles. The molecule has 0 aromatic carbocycles. The Morgan fingerprint density at radius 3 is 2.89 bits per heavy atom. The van der Waals surface area contributed by atoms with Crippen LogP contribution in [0.3, 0.4) is 0 Å². The summed E-state index contributed by atoms with van der Waals surface area (Å²) in [6.07, 6.45) is 4.08. The summed E-state index contributed by atoms with van der Waals surface area (Å²) >= 11 is 1.53. The predicted molar refractivity (Wildman–Crippen MR) is 71.4 cm³/mol. The van der Waals surface area contributed by atoms with Gasteiger partial charge in [0, 0.05) is 13.1 Å². The summed E-state index contributed by atoms with van der Waals surface area (Å²) in [5.41, 5.74) is 4.30. The van der Waals surface area contributed by atoms with Gasteiger partial charge in [0.2, 0.25) is 5.16 Å². The Bertz CT molecular complexity index is 632. The Morgan fingerprint density at radius 2 is 2.05 bits per heavy atom. The van der Waals surface area contributed by atoms with E-state index < -0.39 is 0 Å². The van der Waals surface area contributed by atoms with Gasteiger partial charge in [-0.15, -0.1) is 10.2 Å². The SMILES string of the molecule is Cc1nnc2n1Nc1c(ncnc1N1CCCC1)S2. The number of hydrogen-bond acceptors (Lipinski definition) is 7.